The summed E-state index contributed by atoms with van der Waals surface area (Å²) < 4.78 is 31.9. The second kappa shape index (κ2) is 7.73. The van der Waals surface area contributed by atoms with Crippen LogP contribution in [-0.2, 0) is 21.3 Å². The normalized spacial score (nSPS) is 12.1. The summed E-state index contributed by atoms with van der Waals surface area (Å²) in [6.45, 7) is 7.23. The minimum Gasteiger partial charge on any atom is -0.383 e. The van der Waals surface area contributed by atoms with Crippen molar-refractivity contribution in [2.24, 2.45) is 0 Å². The summed E-state index contributed by atoms with van der Waals surface area (Å²) in [5, 5.41) is 3.30. The molecule has 0 unspecified atom stereocenters. The van der Waals surface area contributed by atoms with Crippen LogP contribution in [0.2, 0.25) is 0 Å². The van der Waals surface area contributed by atoms with E-state index in [2.05, 4.69) is 23.9 Å². The van der Waals surface area contributed by atoms with E-state index in [1.165, 1.54) is 7.11 Å². The van der Waals surface area contributed by atoms with Gasteiger partial charge < -0.3 is 10.1 Å². The fraction of sp³-hybridized carbons (Fsp3) is 0.571. The van der Waals surface area contributed by atoms with Gasteiger partial charge in [0.2, 0.25) is 10.0 Å². The lowest BCUT2D eigenvalue weighted by Crippen LogP contribution is -2.28. The predicted octanol–water partition coefficient (Wildman–Crippen LogP) is 1.42. The molecule has 0 bridgehead atoms. The molecule has 0 saturated carbocycles. The second-order valence-corrected chi connectivity index (χ2v) is 6.70. The van der Waals surface area contributed by atoms with Gasteiger partial charge >= 0.3 is 0 Å². The molecule has 0 amide bonds. The van der Waals surface area contributed by atoms with Gasteiger partial charge in [-0.15, -0.1) is 0 Å². The lowest BCUT2D eigenvalue weighted by molar-refractivity contribution is 0.204. The van der Waals surface area contributed by atoms with Crippen molar-refractivity contribution >= 4 is 10.0 Å². The Morgan fingerprint density at radius 1 is 1.30 bits per heavy atom. The highest BCUT2D eigenvalue weighted by atomic mass is 32.2. The molecule has 20 heavy (non-hydrogen) atoms. The molecule has 6 heteroatoms. The van der Waals surface area contributed by atoms with Gasteiger partial charge in [-0.2, -0.15) is 0 Å². The standard InChI is InChI=1S/C14H24N2O3S/c1-11(2)15-10-13-6-5-7-14(12(13)3)20(17,18)16-8-9-19-4/h5-7,11,15-16H,8-10H2,1-4H3. The Morgan fingerprint density at radius 3 is 2.60 bits per heavy atom. The van der Waals surface area contributed by atoms with Crippen molar-refractivity contribution in [1.82, 2.24) is 10.0 Å². The highest BCUT2D eigenvalue weighted by molar-refractivity contribution is 7.89. The minimum absolute atomic E-state index is 0.271. The van der Waals surface area contributed by atoms with Crippen molar-refractivity contribution in [3.05, 3.63) is 29.3 Å². The third kappa shape index (κ3) is 4.86. The molecule has 0 saturated heterocycles. The lowest BCUT2D eigenvalue weighted by atomic mass is 10.1. The number of sulfonamides is 1. The Bertz CT molecular complexity index is 527. The third-order valence-corrected chi connectivity index (χ3v) is 4.59. The van der Waals surface area contributed by atoms with E-state index in [1.54, 1.807) is 12.1 Å². The molecule has 0 aromatic heterocycles. The monoisotopic (exact) mass is 300 g/mol. The summed E-state index contributed by atoms with van der Waals surface area (Å²) >= 11 is 0. The number of hydrogen-bond donors (Lipinski definition) is 2. The van der Waals surface area contributed by atoms with Crippen LogP contribution in [0.5, 0.6) is 0 Å². The van der Waals surface area contributed by atoms with Crippen LogP contribution in [0.4, 0.5) is 0 Å². The second-order valence-electron chi connectivity index (χ2n) is 4.97. The van der Waals surface area contributed by atoms with E-state index in [0.29, 0.717) is 24.1 Å². The first-order valence-corrected chi connectivity index (χ1v) is 8.17. The van der Waals surface area contributed by atoms with Gasteiger partial charge in [0, 0.05) is 26.2 Å². The number of rotatable bonds is 8. The van der Waals surface area contributed by atoms with Crippen molar-refractivity contribution in [2.75, 3.05) is 20.3 Å². The number of ether oxygens (including phenoxy) is 1. The summed E-state index contributed by atoms with van der Waals surface area (Å²) in [5.74, 6) is 0. The van der Waals surface area contributed by atoms with Crippen LogP contribution in [0.3, 0.4) is 0 Å². The summed E-state index contributed by atoms with van der Waals surface area (Å²) in [5.41, 5.74) is 1.78. The van der Waals surface area contributed by atoms with Crippen LogP contribution < -0.4 is 10.0 Å². The maximum Gasteiger partial charge on any atom is 0.240 e. The Morgan fingerprint density at radius 2 is 2.00 bits per heavy atom. The van der Waals surface area contributed by atoms with E-state index in [0.717, 1.165) is 11.1 Å². The molecule has 0 aliphatic heterocycles. The van der Waals surface area contributed by atoms with Crippen LogP contribution in [0.1, 0.15) is 25.0 Å². The van der Waals surface area contributed by atoms with E-state index in [1.807, 2.05) is 13.0 Å². The summed E-state index contributed by atoms with van der Waals surface area (Å²) in [6, 6.07) is 5.70. The smallest absolute Gasteiger partial charge is 0.240 e. The highest BCUT2D eigenvalue weighted by Gasteiger charge is 2.17. The maximum absolute atomic E-state index is 12.2. The van der Waals surface area contributed by atoms with Gasteiger partial charge in [0.15, 0.2) is 0 Å². The van der Waals surface area contributed by atoms with Gasteiger partial charge in [0.05, 0.1) is 11.5 Å². The average Bonchev–Trinajstić information content (AvgIpc) is 2.37. The fourth-order valence-corrected chi connectivity index (χ4v) is 3.11. The van der Waals surface area contributed by atoms with Gasteiger partial charge in [-0.3, -0.25) is 0 Å². The first kappa shape index (κ1) is 17.1. The number of methoxy groups -OCH3 is 1. The Kier molecular flexibility index (Phi) is 6.61. The van der Waals surface area contributed by atoms with Gasteiger partial charge in [-0.05, 0) is 24.1 Å². The third-order valence-electron chi connectivity index (χ3n) is 2.98. The Hall–Kier alpha value is -0.950. The fourth-order valence-electron chi connectivity index (χ4n) is 1.81. The van der Waals surface area contributed by atoms with Crippen molar-refractivity contribution in [2.45, 2.75) is 38.3 Å². The van der Waals surface area contributed by atoms with Crippen molar-refractivity contribution in [3.8, 4) is 0 Å². The van der Waals surface area contributed by atoms with E-state index >= 15 is 0 Å². The molecule has 0 fully saturated rings. The van der Waals surface area contributed by atoms with Gasteiger partial charge in [-0.25, -0.2) is 13.1 Å². The average molecular weight is 300 g/mol. The van der Waals surface area contributed by atoms with E-state index in [4.69, 9.17) is 4.74 Å². The number of benzene rings is 1. The number of hydrogen-bond acceptors (Lipinski definition) is 4. The lowest BCUT2D eigenvalue weighted by Gasteiger charge is -2.14. The van der Waals surface area contributed by atoms with Gasteiger partial charge in [0.25, 0.3) is 0 Å². The Labute approximate surface area is 121 Å². The predicted molar refractivity (Wildman–Crippen MR) is 80.2 cm³/mol. The first-order chi connectivity index (χ1) is 9.38. The molecule has 1 aromatic rings. The summed E-state index contributed by atoms with van der Waals surface area (Å²) in [6.07, 6.45) is 0. The van der Waals surface area contributed by atoms with E-state index in [-0.39, 0.29) is 6.54 Å². The molecule has 0 spiro atoms. The van der Waals surface area contributed by atoms with Crippen LogP contribution >= 0.6 is 0 Å². The van der Waals surface area contributed by atoms with Crippen LogP contribution in [0.25, 0.3) is 0 Å². The van der Waals surface area contributed by atoms with Crippen molar-refractivity contribution in [3.63, 3.8) is 0 Å². The van der Waals surface area contributed by atoms with Crippen molar-refractivity contribution < 1.29 is 13.2 Å². The Balaban J connectivity index is 2.92. The molecular weight excluding hydrogens is 276 g/mol. The number of nitrogens with one attached hydrogen (secondary N) is 2. The molecular formula is C14H24N2O3S. The topological polar surface area (TPSA) is 67.4 Å². The molecule has 1 rings (SSSR count). The molecule has 0 heterocycles. The maximum atomic E-state index is 12.2. The van der Waals surface area contributed by atoms with Crippen molar-refractivity contribution in [1.29, 1.82) is 0 Å². The summed E-state index contributed by atoms with van der Waals surface area (Å²) in [7, 11) is -1.94. The van der Waals surface area contributed by atoms with E-state index < -0.39 is 10.0 Å². The quantitative estimate of drug-likeness (QED) is 0.713. The molecule has 1 aromatic carbocycles. The largest absolute Gasteiger partial charge is 0.383 e. The van der Waals surface area contributed by atoms with Crippen LogP contribution in [0, 0.1) is 6.92 Å². The zero-order chi connectivity index (χ0) is 15.2. The zero-order valence-corrected chi connectivity index (χ0v) is 13.4. The molecule has 0 atom stereocenters. The zero-order valence-electron chi connectivity index (χ0n) is 12.6. The molecule has 114 valence electrons. The molecule has 0 aliphatic rings. The van der Waals surface area contributed by atoms with Gasteiger partial charge in [-0.1, -0.05) is 26.0 Å². The SMILES string of the molecule is COCCNS(=O)(=O)c1cccc(CNC(C)C)c1C. The first-order valence-electron chi connectivity index (χ1n) is 6.69. The van der Waals surface area contributed by atoms with Crippen LogP contribution in [-0.4, -0.2) is 34.7 Å². The minimum atomic E-state index is -3.48. The highest BCUT2D eigenvalue weighted by Crippen LogP contribution is 2.18. The van der Waals surface area contributed by atoms with E-state index in [9.17, 15) is 8.42 Å². The molecule has 0 radical (unpaired) electrons. The molecule has 5 nitrogen and oxygen atoms in total. The molecule has 2 N–H and O–H groups in total. The summed E-state index contributed by atoms with van der Waals surface area (Å²) in [4.78, 5) is 0.330. The van der Waals surface area contributed by atoms with Gasteiger partial charge in [0.1, 0.15) is 0 Å². The molecule has 0 aliphatic carbocycles. The van der Waals surface area contributed by atoms with Crippen LogP contribution in [0.15, 0.2) is 23.1 Å².